The molecule has 9 nitrogen and oxygen atoms in total. The maximum atomic E-state index is 13.6. The summed E-state index contributed by atoms with van der Waals surface area (Å²) in [6.45, 7) is 0.225. The van der Waals surface area contributed by atoms with Crippen molar-refractivity contribution < 1.29 is 14.9 Å². The minimum Gasteiger partial charge on any atom is -0.494 e. The van der Waals surface area contributed by atoms with Gasteiger partial charge in [0.05, 0.1) is 26.5 Å². The fourth-order valence-corrected chi connectivity index (χ4v) is 5.91. The first kappa shape index (κ1) is 30.3. The quantitative estimate of drug-likeness (QED) is 0.250. The van der Waals surface area contributed by atoms with Crippen molar-refractivity contribution in [1.29, 1.82) is 0 Å². The van der Waals surface area contributed by atoms with Gasteiger partial charge in [-0.3, -0.25) is 27.9 Å². The Morgan fingerprint density at radius 2 is 1.32 bits per heavy atom. The Bertz CT molecular complexity index is 1790. The van der Waals surface area contributed by atoms with E-state index >= 15 is 0 Å². The summed E-state index contributed by atoms with van der Waals surface area (Å²) in [7, 11) is 5.89. The van der Waals surface area contributed by atoms with Crippen molar-refractivity contribution in [2.24, 2.45) is 28.2 Å². The van der Waals surface area contributed by atoms with Crippen LogP contribution in [0.2, 0.25) is 5.02 Å². The number of rotatable bonds is 6. The lowest BCUT2D eigenvalue weighted by Gasteiger charge is -2.24. The van der Waals surface area contributed by atoms with Gasteiger partial charge in [0.15, 0.2) is 15.3 Å². The summed E-state index contributed by atoms with van der Waals surface area (Å²) >= 11 is 24.1. The SMILES string of the molecule is Cn1c(O)c(C(c2cc(Cl)c(OCc3ccc(Br)cc3)c(Br)c2)c2c(O)n(C)c(=S)n(C)c2=O)c(=O)n(C)c1=S. The summed E-state index contributed by atoms with van der Waals surface area (Å²) in [5.74, 6) is -1.87. The van der Waals surface area contributed by atoms with Gasteiger partial charge in [0.2, 0.25) is 11.8 Å². The molecule has 0 fully saturated rings. The van der Waals surface area contributed by atoms with Crippen LogP contribution in [0.25, 0.3) is 0 Å². The van der Waals surface area contributed by atoms with E-state index < -0.39 is 28.8 Å². The Hall–Kier alpha value is -2.71. The van der Waals surface area contributed by atoms with E-state index in [-0.39, 0.29) is 32.3 Å². The molecule has 0 radical (unpaired) electrons. The van der Waals surface area contributed by atoms with Crippen LogP contribution in [-0.2, 0) is 34.8 Å². The molecule has 2 N–H and O–H groups in total. The number of ether oxygens (including phenoxy) is 1. The summed E-state index contributed by atoms with van der Waals surface area (Å²) < 4.78 is 12.3. The van der Waals surface area contributed by atoms with Crippen LogP contribution in [0.15, 0.2) is 54.9 Å². The zero-order valence-electron chi connectivity index (χ0n) is 21.6. The molecule has 0 atom stereocenters. The Morgan fingerprint density at radius 3 is 1.77 bits per heavy atom. The predicted octanol–water partition coefficient (Wildman–Crippen LogP) is 5.57. The highest BCUT2D eigenvalue weighted by Gasteiger charge is 2.33. The zero-order chi connectivity index (χ0) is 29.6. The molecule has 0 spiro atoms. The van der Waals surface area contributed by atoms with E-state index in [1.54, 1.807) is 6.07 Å². The summed E-state index contributed by atoms with van der Waals surface area (Å²) in [4.78, 5) is 27.1. The average Bonchev–Trinajstić information content (AvgIpc) is 2.92. The van der Waals surface area contributed by atoms with E-state index in [0.29, 0.717) is 15.8 Å². The number of hydrogen-bond donors (Lipinski definition) is 2. The van der Waals surface area contributed by atoms with Gasteiger partial charge in [-0.2, -0.15) is 0 Å². The maximum absolute atomic E-state index is 13.6. The van der Waals surface area contributed by atoms with Crippen LogP contribution in [0.4, 0.5) is 0 Å². The van der Waals surface area contributed by atoms with Crippen molar-refractivity contribution in [1.82, 2.24) is 18.3 Å². The Labute approximate surface area is 260 Å². The molecule has 0 aliphatic carbocycles. The van der Waals surface area contributed by atoms with Crippen LogP contribution < -0.4 is 15.9 Å². The molecular formula is C26H23Br2ClN4O5S2. The fourth-order valence-electron chi connectivity index (χ4n) is 4.32. The molecule has 0 saturated heterocycles. The van der Waals surface area contributed by atoms with Crippen LogP contribution >= 0.6 is 67.9 Å². The molecule has 2 aromatic heterocycles. The monoisotopic (exact) mass is 728 g/mol. The van der Waals surface area contributed by atoms with E-state index in [9.17, 15) is 19.8 Å². The highest BCUT2D eigenvalue weighted by molar-refractivity contribution is 9.10. The minimum atomic E-state index is -1.27. The summed E-state index contributed by atoms with van der Waals surface area (Å²) in [5.41, 5.74) is -0.450. The number of benzene rings is 2. The molecule has 0 aliphatic heterocycles. The number of halogens is 3. The molecule has 0 bridgehead atoms. The van der Waals surface area contributed by atoms with Gasteiger partial charge in [-0.05, 0) is 75.8 Å². The van der Waals surface area contributed by atoms with Gasteiger partial charge >= 0.3 is 0 Å². The van der Waals surface area contributed by atoms with Gasteiger partial charge in [-0.25, -0.2) is 0 Å². The Kier molecular flexibility index (Phi) is 8.81. The van der Waals surface area contributed by atoms with Crippen molar-refractivity contribution in [3.8, 4) is 17.5 Å². The summed E-state index contributed by atoms with van der Waals surface area (Å²) in [5, 5.41) is 22.5. The van der Waals surface area contributed by atoms with Gasteiger partial charge in [0.1, 0.15) is 6.61 Å². The summed E-state index contributed by atoms with van der Waals surface area (Å²) in [6.07, 6.45) is 0. The van der Waals surface area contributed by atoms with Crippen molar-refractivity contribution in [2.45, 2.75) is 12.5 Å². The Balaban J connectivity index is 1.99. The van der Waals surface area contributed by atoms with Crippen LogP contribution in [0.1, 0.15) is 28.2 Å². The van der Waals surface area contributed by atoms with Crippen LogP contribution in [0, 0.1) is 9.54 Å². The standard InChI is InChI=1S/C26H23Br2ClN4O5S2/c1-30-21(34)18(22(35)31(2)25(30)39)17(19-23(36)32(3)26(40)33(4)24(19)37)13-9-15(28)20(16(29)10-13)38-11-12-5-7-14(27)8-6-12/h5-10,17,34,36H,11H2,1-4H3. The highest BCUT2D eigenvalue weighted by Crippen LogP contribution is 2.42. The molecule has 0 aliphatic rings. The van der Waals surface area contributed by atoms with Crippen molar-refractivity contribution >= 4 is 67.9 Å². The molecule has 2 aromatic carbocycles. The Morgan fingerprint density at radius 1 is 0.850 bits per heavy atom. The fraction of sp³-hybridized carbons (Fsp3) is 0.231. The lowest BCUT2D eigenvalue weighted by atomic mass is 9.86. The lowest BCUT2D eigenvalue weighted by molar-refractivity contribution is 0.304. The maximum Gasteiger partial charge on any atom is 0.262 e. The average molecular weight is 731 g/mol. The molecule has 14 heteroatoms. The van der Waals surface area contributed by atoms with E-state index in [0.717, 1.165) is 10.0 Å². The van der Waals surface area contributed by atoms with Crippen molar-refractivity contribution in [2.75, 3.05) is 0 Å². The molecule has 0 saturated carbocycles. The number of aromatic hydroxyl groups is 2. The normalized spacial score (nSPS) is 11.3. The number of aromatic nitrogens is 4. The van der Waals surface area contributed by atoms with Gasteiger partial charge in [-0.1, -0.05) is 39.7 Å². The zero-order valence-corrected chi connectivity index (χ0v) is 27.2. The third-order valence-corrected chi connectivity index (χ3v) is 9.06. The predicted molar refractivity (Wildman–Crippen MR) is 165 cm³/mol. The van der Waals surface area contributed by atoms with E-state index in [1.807, 2.05) is 24.3 Å². The number of nitrogens with zero attached hydrogens (tertiary/aromatic N) is 4. The first-order valence-corrected chi connectivity index (χ1v) is 14.4. The van der Waals surface area contributed by atoms with Crippen molar-refractivity contribution in [3.63, 3.8) is 0 Å². The first-order valence-electron chi connectivity index (χ1n) is 11.6. The third kappa shape index (κ3) is 5.32. The second-order valence-electron chi connectivity index (χ2n) is 9.05. The van der Waals surface area contributed by atoms with Crippen LogP contribution in [0.3, 0.4) is 0 Å². The largest absolute Gasteiger partial charge is 0.494 e. The summed E-state index contributed by atoms with van der Waals surface area (Å²) in [6, 6.07) is 10.7. The molecule has 2 heterocycles. The molecule has 4 rings (SSSR count). The highest BCUT2D eigenvalue weighted by atomic mass is 79.9. The van der Waals surface area contributed by atoms with E-state index in [2.05, 4.69) is 31.9 Å². The molecule has 4 aromatic rings. The topological polar surface area (TPSA) is 104 Å². The van der Waals surface area contributed by atoms with Gasteiger partial charge in [0.25, 0.3) is 11.1 Å². The van der Waals surface area contributed by atoms with E-state index in [1.165, 1.54) is 52.5 Å². The van der Waals surface area contributed by atoms with Gasteiger partial charge < -0.3 is 14.9 Å². The number of hydrogen-bond acceptors (Lipinski definition) is 7. The lowest BCUT2D eigenvalue weighted by Crippen LogP contribution is -2.33. The third-order valence-electron chi connectivity index (χ3n) is 6.56. The molecule has 40 heavy (non-hydrogen) atoms. The smallest absolute Gasteiger partial charge is 0.262 e. The van der Waals surface area contributed by atoms with Crippen molar-refractivity contribution in [3.05, 3.63) is 103 Å². The molecular weight excluding hydrogens is 708 g/mol. The minimum absolute atomic E-state index is 0.0597. The molecule has 0 amide bonds. The molecule has 0 unspecified atom stereocenters. The second kappa shape index (κ2) is 11.6. The van der Waals surface area contributed by atoms with Crippen LogP contribution in [0.5, 0.6) is 17.5 Å². The first-order chi connectivity index (χ1) is 18.8. The second-order valence-corrected chi connectivity index (χ2v) is 12.0. The molecule has 210 valence electrons. The van der Waals surface area contributed by atoms with Gasteiger partial charge in [-0.15, -0.1) is 0 Å². The van der Waals surface area contributed by atoms with Crippen LogP contribution in [-0.4, -0.2) is 28.5 Å². The van der Waals surface area contributed by atoms with Gasteiger partial charge in [0, 0.05) is 32.7 Å². The van der Waals surface area contributed by atoms with E-state index in [4.69, 9.17) is 40.8 Å².